The minimum Gasteiger partial charge on any atom is -0.398 e. The van der Waals surface area contributed by atoms with Gasteiger partial charge in [0.2, 0.25) is 5.95 Å². The molecule has 3 heterocycles. The van der Waals surface area contributed by atoms with Crippen LogP contribution in [-0.4, -0.2) is 71.0 Å². The fourth-order valence-corrected chi connectivity index (χ4v) is 4.88. The van der Waals surface area contributed by atoms with Gasteiger partial charge in [0.15, 0.2) is 0 Å². The van der Waals surface area contributed by atoms with Crippen molar-refractivity contribution < 1.29 is 4.79 Å². The van der Waals surface area contributed by atoms with Crippen molar-refractivity contribution in [3.05, 3.63) is 46.8 Å². The van der Waals surface area contributed by atoms with E-state index in [1.54, 1.807) is 0 Å². The summed E-state index contributed by atoms with van der Waals surface area (Å²) in [5.74, 6) is 0.851. The third-order valence-electron chi connectivity index (χ3n) is 7.13. The van der Waals surface area contributed by atoms with Gasteiger partial charge in [0, 0.05) is 63.6 Å². The van der Waals surface area contributed by atoms with Gasteiger partial charge in [-0.1, -0.05) is 18.1 Å². The highest BCUT2D eigenvalue weighted by molar-refractivity contribution is 5.99. The summed E-state index contributed by atoms with van der Waals surface area (Å²) in [6, 6.07) is 6.45. The first-order chi connectivity index (χ1) is 15.1. The number of carbonyl (C=O) groups excluding carboxylic acids is 1. The molecule has 7 nitrogen and oxygen atoms in total. The molecule has 1 saturated heterocycles. The number of nitrogens with two attached hydrogens (primary N) is 1. The zero-order chi connectivity index (χ0) is 21.4. The van der Waals surface area contributed by atoms with Gasteiger partial charge in [-0.25, -0.2) is 9.97 Å². The van der Waals surface area contributed by atoms with Crippen LogP contribution in [0, 0.1) is 6.92 Å². The topological polar surface area (TPSA) is 78.6 Å². The summed E-state index contributed by atoms with van der Waals surface area (Å²) in [5, 5.41) is 0. The van der Waals surface area contributed by atoms with Crippen molar-refractivity contribution in [1.29, 1.82) is 0 Å². The van der Waals surface area contributed by atoms with Crippen molar-refractivity contribution in [2.45, 2.75) is 45.1 Å². The Morgan fingerprint density at radius 1 is 1.06 bits per heavy atom. The van der Waals surface area contributed by atoms with Gasteiger partial charge in [-0.2, -0.15) is 0 Å². The number of aryl methyl sites for hydroxylation is 1. The van der Waals surface area contributed by atoms with Gasteiger partial charge in [-0.15, -0.1) is 0 Å². The Balaban J connectivity index is 1.25. The molecule has 2 N–H and O–H groups in total. The van der Waals surface area contributed by atoms with E-state index in [0.29, 0.717) is 24.3 Å². The maximum Gasteiger partial charge on any atom is 0.255 e. The minimum atomic E-state index is 0.00862. The third kappa shape index (κ3) is 4.11. The molecule has 1 saturated carbocycles. The van der Waals surface area contributed by atoms with Crippen molar-refractivity contribution in [3.8, 4) is 0 Å². The number of carbonyl (C=O) groups is 1. The lowest BCUT2D eigenvalue weighted by molar-refractivity contribution is 0.0764. The molecular weight excluding hydrogens is 388 g/mol. The number of nitrogens with zero attached hydrogens (tertiary/aromatic N) is 5. The molecule has 3 aliphatic rings. The molecule has 2 aliphatic heterocycles. The number of piperazine rings is 1. The number of nitrogen functional groups attached to an aromatic ring is 1. The Morgan fingerprint density at radius 2 is 1.84 bits per heavy atom. The van der Waals surface area contributed by atoms with Crippen LogP contribution in [0.15, 0.2) is 24.4 Å². The van der Waals surface area contributed by atoms with E-state index in [4.69, 9.17) is 10.7 Å². The number of hydrogen-bond donors (Lipinski definition) is 1. The molecule has 1 aliphatic carbocycles. The number of anilines is 2. The van der Waals surface area contributed by atoms with Crippen molar-refractivity contribution >= 4 is 17.5 Å². The molecule has 1 aromatic carbocycles. The van der Waals surface area contributed by atoms with Gasteiger partial charge in [0.25, 0.3) is 5.91 Å². The van der Waals surface area contributed by atoms with E-state index in [-0.39, 0.29) is 5.91 Å². The van der Waals surface area contributed by atoms with E-state index in [9.17, 15) is 4.79 Å². The van der Waals surface area contributed by atoms with Crippen LogP contribution in [0.2, 0.25) is 0 Å². The van der Waals surface area contributed by atoms with E-state index < -0.39 is 0 Å². The van der Waals surface area contributed by atoms with Crippen LogP contribution in [0.4, 0.5) is 11.6 Å². The summed E-state index contributed by atoms with van der Waals surface area (Å²) in [7, 11) is 0. The molecule has 0 unspecified atom stereocenters. The molecule has 0 radical (unpaired) electrons. The highest BCUT2D eigenvalue weighted by Gasteiger charge is 2.29. The van der Waals surface area contributed by atoms with Crippen LogP contribution in [0.25, 0.3) is 0 Å². The fraction of sp³-hybridized carbons (Fsp3) is 0.542. The van der Waals surface area contributed by atoms with Gasteiger partial charge < -0.3 is 15.5 Å². The van der Waals surface area contributed by atoms with Crippen molar-refractivity contribution in [2.24, 2.45) is 0 Å². The fourth-order valence-electron chi connectivity index (χ4n) is 4.88. The van der Waals surface area contributed by atoms with Crippen LogP contribution >= 0.6 is 0 Å². The zero-order valence-electron chi connectivity index (χ0n) is 18.4. The second-order valence-electron chi connectivity index (χ2n) is 9.13. The van der Waals surface area contributed by atoms with Crippen LogP contribution < -0.4 is 10.6 Å². The normalized spacial score (nSPS) is 20.2. The number of amides is 1. The van der Waals surface area contributed by atoms with Gasteiger partial charge >= 0.3 is 0 Å². The lowest BCUT2D eigenvalue weighted by Crippen LogP contribution is -2.52. The summed E-state index contributed by atoms with van der Waals surface area (Å²) in [6.07, 6.45) is 7.62. The van der Waals surface area contributed by atoms with Gasteiger partial charge in [0.05, 0.1) is 11.3 Å². The maximum atomic E-state index is 13.1. The first-order valence-corrected chi connectivity index (χ1v) is 11.6. The highest BCUT2D eigenvalue weighted by atomic mass is 16.2. The Kier molecular flexibility index (Phi) is 5.52. The van der Waals surface area contributed by atoms with Gasteiger partial charge in [-0.3, -0.25) is 9.69 Å². The molecule has 7 heteroatoms. The smallest absolute Gasteiger partial charge is 0.255 e. The molecular formula is C24H32N6O. The van der Waals surface area contributed by atoms with Crippen LogP contribution in [0.3, 0.4) is 0 Å². The van der Waals surface area contributed by atoms with E-state index in [1.807, 2.05) is 36.2 Å². The molecule has 2 aromatic rings. The average molecular weight is 421 g/mol. The molecule has 2 fully saturated rings. The largest absolute Gasteiger partial charge is 0.398 e. The molecule has 164 valence electrons. The average Bonchev–Trinajstić information content (AvgIpc) is 2.96. The highest BCUT2D eigenvalue weighted by Crippen LogP contribution is 2.26. The number of rotatable bonds is 3. The Bertz CT molecular complexity index is 965. The second-order valence-corrected chi connectivity index (χ2v) is 9.13. The molecule has 1 amide bonds. The van der Waals surface area contributed by atoms with E-state index in [0.717, 1.165) is 67.8 Å². The lowest BCUT2D eigenvalue weighted by atomic mass is 9.91. The summed E-state index contributed by atoms with van der Waals surface area (Å²) in [5.41, 5.74) is 10.5. The maximum absolute atomic E-state index is 13.1. The standard InChI is InChI=1S/C24H32N6O/c1-17-5-6-21(25)20(15-17)23(31)29-9-7-18-16-26-24(27-22(18)8-10-29)30-13-11-28(12-14-30)19-3-2-4-19/h5-6,15-16,19H,2-4,7-14,25H2,1H3. The molecule has 0 atom stereocenters. The van der Waals surface area contributed by atoms with E-state index in [1.165, 1.54) is 19.3 Å². The number of fused-ring (bicyclic) bond motifs is 1. The number of aromatic nitrogens is 2. The zero-order valence-corrected chi connectivity index (χ0v) is 18.4. The monoisotopic (exact) mass is 420 g/mol. The molecule has 0 spiro atoms. The quantitative estimate of drug-likeness (QED) is 0.768. The Labute approximate surface area is 184 Å². The number of benzene rings is 1. The number of hydrogen-bond acceptors (Lipinski definition) is 6. The summed E-state index contributed by atoms with van der Waals surface area (Å²) in [6.45, 7) is 7.50. The molecule has 1 aromatic heterocycles. The first kappa shape index (κ1) is 20.2. The van der Waals surface area contributed by atoms with E-state index in [2.05, 4.69) is 14.8 Å². The van der Waals surface area contributed by atoms with Crippen molar-refractivity contribution in [3.63, 3.8) is 0 Å². The SMILES string of the molecule is Cc1ccc(N)c(C(=O)N2CCc3cnc(N4CCN(C5CCC5)CC4)nc3CC2)c1. The van der Waals surface area contributed by atoms with E-state index >= 15 is 0 Å². The van der Waals surface area contributed by atoms with Crippen LogP contribution in [0.1, 0.15) is 46.4 Å². The predicted molar refractivity (Wildman–Crippen MR) is 122 cm³/mol. The van der Waals surface area contributed by atoms with Gasteiger partial charge in [-0.05, 0) is 43.9 Å². The Morgan fingerprint density at radius 3 is 2.58 bits per heavy atom. The summed E-state index contributed by atoms with van der Waals surface area (Å²) in [4.78, 5) is 29.6. The second kappa shape index (κ2) is 8.46. The summed E-state index contributed by atoms with van der Waals surface area (Å²) >= 11 is 0. The molecule has 31 heavy (non-hydrogen) atoms. The first-order valence-electron chi connectivity index (χ1n) is 11.6. The van der Waals surface area contributed by atoms with Crippen molar-refractivity contribution in [1.82, 2.24) is 19.8 Å². The van der Waals surface area contributed by atoms with Crippen LogP contribution in [0.5, 0.6) is 0 Å². The molecule has 5 rings (SSSR count). The minimum absolute atomic E-state index is 0.00862. The Hall–Kier alpha value is -2.67. The van der Waals surface area contributed by atoms with Gasteiger partial charge in [0.1, 0.15) is 0 Å². The van der Waals surface area contributed by atoms with Crippen molar-refractivity contribution in [2.75, 3.05) is 49.9 Å². The molecule has 0 bridgehead atoms. The lowest BCUT2D eigenvalue weighted by Gasteiger charge is -2.43. The summed E-state index contributed by atoms with van der Waals surface area (Å²) < 4.78 is 0. The predicted octanol–water partition coefficient (Wildman–Crippen LogP) is 2.28. The van der Waals surface area contributed by atoms with Crippen LogP contribution in [-0.2, 0) is 12.8 Å². The third-order valence-corrected chi connectivity index (χ3v) is 7.13.